The van der Waals surface area contributed by atoms with Crippen molar-refractivity contribution in [2.75, 3.05) is 0 Å². The van der Waals surface area contributed by atoms with E-state index >= 15 is 4.39 Å². The molecule has 2 aliphatic heterocycles. The largest absolute Gasteiger partial charge is 0.444 e. The third-order valence-electron chi connectivity index (χ3n) is 6.92. The highest BCUT2D eigenvalue weighted by Gasteiger charge is 2.47. The summed E-state index contributed by atoms with van der Waals surface area (Å²) in [6, 6.07) is 10.2. The second-order valence-corrected chi connectivity index (χ2v) is 10.8. The highest BCUT2D eigenvalue weighted by atomic mass is 19.1. The molecule has 2 aromatic carbocycles. The summed E-state index contributed by atoms with van der Waals surface area (Å²) in [6.07, 6.45) is 1.25. The number of fused-ring (bicyclic) bond motifs is 1. The Kier molecular flexibility index (Phi) is 6.92. The van der Waals surface area contributed by atoms with Gasteiger partial charge in [0.15, 0.2) is 0 Å². The molecule has 1 aromatic heterocycles. The van der Waals surface area contributed by atoms with Crippen molar-refractivity contribution in [3.63, 3.8) is 0 Å². The molecular weight excluding hydrogens is 492 g/mol. The second kappa shape index (κ2) is 10.2. The number of alkyl carbamates (subject to hydrolysis) is 1. The number of nitrogens with one attached hydrogen (secondary N) is 2. The van der Waals surface area contributed by atoms with Gasteiger partial charge in [-0.2, -0.15) is 5.10 Å². The van der Waals surface area contributed by atoms with Crippen molar-refractivity contribution in [1.82, 2.24) is 25.3 Å². The summed E-state index contributed by atoms with van der Waals surface area (Å²) in [7, 11) is 0. The van der Waals surface area contributed by atoms with E-state index in [1.54, 1.807) is 31.9 Å². The Morgan fingerprint density at radius 2 is 1.92 bits per heavy atom. The smallest absolute Gasteiger partial charge is 0.407 e. The Morgan fingerprint density at radius 1 is 1.16 bits per heavy atom. The van der Waals surface area contributed by atoms with E-state index in [1.165, 1.54) is 0 Å². The number of amides is 2. The molecule has 2 N–H and O–H groups in total. The summed E-state index contributed by atoms with van der Waals surface area (Å²) in [5, 5.41) is 9.93. The molecule has 0 bridgehead atoms. The molecule has 0 saturated carbocycles. The summed E-state index contributed by atoms with van der Waals surface area (Å²) >= 11 is 0. The summed E-state index contributed by atoms with van der Waals surface area (Å²) in [6.45, 7) is 6.40. The number of benzene rings is 2. The van der Waals surface area contributed by atoms with E-state index in [1.807, 2.05) is 35.2 Å². The average Bonchev–Trinajstić information content (AvgIpc) is 3.45. The zero-order valence-electron chi connectivity index (χ0n) is 21.6. The minimum Gasteiger partial charge on any atom is -0.444 e. The van der Waals surface area contributed by atoms with E-state index in [0.717, 1.165) is 35.0 Å². The Hall–Kier alpha value is -3.79. The van der Waals surface area contributed by atoms with Crippen LogP contribution in [-0.2, 0) is 29.2 Å². The van der Waals surface area contributed by atoms with Gasteiger partial charge in [-0.3, -0.25) is 14.8 Å². The van der Waals surface area contributed by atoms with Gasteiger partial charge in [0, 0.05) is 30.8 Å². The number of H-pyrrole nitrogens is 1. The van der Waals surface area contributed by atoms with Gasteiger partial charge < -0.3 is 15.0 Å². The van der Waals surface area contributed by atoms with Crippen LogP contribution in [0.5, 0.6) is 0 Å². The molecule has 1 unspecified atom stereocenters. The molecule has 0 aliphatic carbocycles. The maximum atomic E-state index is 15.2. The van der Waals surface area contributed by atoms with E-state index in [0.29, 0.717) is 13.1 Å². The number of rotatable bonds is 5. The molecule has 0 spiro atoms. The summed E-state index contributed by atoms with van der Waals surface area (Å²) in [5.41, 5.74) is 2.01. The van der Waals surface area contributed by atoms with Crippen LogP contribution < -0.4 is 5.32 Å². The number of hydrogen-bond acceptors (Lipinski definition) is 5. The standard InChI is InChI=1S/C28H31F2N5O3/c1-28(2,3)38-27(37)32-22-12-24(34-15-18-13-31-33-23(18)16-34)26(36)35(14-17-7-5-4-6-8-17)25(22)20-11-19(29)9-10-21(20)30/h4-11,13,22,24-25H,12,14-16H2,1-3H3,(H,31,33)(H,32,37)/t22?,24-,25-/m1/s1. The lowest BCUT2D eigenvalue weighted by Gasteiger charge is -2.47. The summed E-state index contributed by atoms with van der Waals surface area (Å²) < 4.78 is 35.2. The van der Waals surface area contributed by atoms with Gasteiger partial charge in [0.2, 0.25) is 5.91 Å². The molecule has 200 valence electrons. The zero-order valence-corrected chi connectivity index (χ0v) is 21.6. The summed E-state index contributed by atoms with van der Waals surface area (Å²) in [5.74, 6) is -1.50. The van der Waals surface area contributed by atoms with Crippen molar-refractivity contribution in [3.05, 3.63) is 88.7 Å². The fourth-order valence-electron chi connectivity index (χ4n) is 5.31. The van der Waals surface area contributed by atoms with Crippen LogP contribution in [0.3, 0.4) is 0 Å². The third kappa shape index (κ3) is 5.40. The minimum atomic E-state index is -0.954. The van der Waals surface area contributed by atoms with E-state index in [-0.39, 0.29) is 24.4 Å². The topological polar surface area (TPSA) is 90.6 Å². The molecule has 3 aromatic rings. The molecule has 10 heteroatoms. The quantitative estimate of drug-likeness (QED) is 0.516. The zero-order chi connectivity index (χ0) is 27.0. The lowest BCUT2D eigenvalue weighted by atomic mass is 9.86. The average molecular weight is 524 g/mol. The molecule has 2 amide bonds. The normalized spacial score (nSPS) is 21.9. The number of aromatic nitrogens is 2. The molecule has 2 aliphatic rings. The van der Waals surface area contributed by atoms with Gasteiger partial charge in [0.25, 0.3) is 0 Å². The van der Waals surface area contributed by atoms with Crippen molar-refractivity contribution in [1.29, 1.82) is 0 Å². The number of likely N-dealkylation sites (tertiary alicyclic amines) is 1. The van der Waals surface area contributed by atoms with E-state index in [2.05, 4.69) is 15.5 Å². The lowest BCUT2D eigenvalue weighted by Crippen LogP contribution is -2.60. The maximum absolute atomic E-state index is 15.2. The number of carbonyl (C=O) groups is 2. The van der Waals surface area contributed by atoms with Gasteiger partial charge in [0.05, 0.1) is 30.0 Å². The van der Waals surface area contributed by atoms with Crippen molar-refractivity contribution in [3.8, 4) is 0 Å². The highest BCUT2D eigenvalue weighted by Crippen LogP contribution is 2.38. The number of aromatic amines is 1. The van der Waals surface area contributed by atoms with Crippen molar-refractivity contribution < 1.29 is 23.1 Å². The molecule has 3 heterocycles. The van der Waals surface area contributed by atoms with Crippen LogP contribution in [0.15, 0.2) is 54.7 Å². The van der Waals surface area contributed by atoms with Crippen LogP contribution in [0.25, 0.3) is 0 Å². The van der Waals surface area contributed by atoms with E-state index in [4.69, 9.17) is 4.74 Å². The summed E-state index contributed by atoms with van der Waals surface area (Å²) in [4.78, 5) is 30.6. The third-order valence-corrected chi connectivity index (χ3v) is 6.92. The number of carbonyl (C=O) groups excluding carboxylic acids is 2. The van der Waals surface area contributed by atoms with Crippen LogP contribution >= 0.6 is 0 Å². The van der Waals surface area contributed by atoms with Crippen LogP contribution in [0.1, 0.15) is 55.6 Å². The number of halogens is 2. The van der Waals surface area contributed by atoms with Gasteiger partial charge in [0.1, 0.15) is 17.2 Å². The van der Waals surface area contributed by atoms with Crippen LogP contribution in [-0.4, -0.2) is 49.7 Å². The van der Waals surface area contributed by atoms with Gasteiger partial charge in [-0.1, -0.05) is 30.3 Å². The Morgan fingerprint density at radius 3 is 2.63 bits per heavy atom. The van der Waals surface area contributed by atoms with Crippen LogP contribution in [0.4, 0.5) is 13.6 Å². The lowest BCUT2D eigenvalue weighted by molar-refractivity contribution is -0.147. The van der Waals surface area contributed by atoms with Crippen molar-refractivity contribution in [2.45, 2.75) is 70.6 Å². The van der Waals surface area contributed by atoms with Gasteiger partial charge in [-0.25, -0.2) is 13.6 Å². The minimum absolute atomic E-state index is 0.00429. The molecule has 38 heavy (non-hydrogen) atoms. The van der Waals surface area contributed by atoms with Gasteiger partial charge >= 0.3 is 6.09 Å². The van der Waals surface area contributed by atoms with Gasteiger partial charge in [-0.15, -0.1) is 0 Å². The van der Waals surface area contributed by atoms with Crippen molar-refractivity contribution >= 4 is 12.0 Å². The highest BCUT2D eigenvalue weighted by molar-refractivity contribution is 5.84. The molecule has 1 saturated heterocycles. The van der Waals surface area contributed by atoms with Gasteiger partial charge in [-0.05, 0) is 51.0 Å². The second-order valence-electron chi connectivity index (χ2n) is 10.8. The Labute approximate surface area is 220 Å². The number of piperidine rings is 1. The van der Waals surface area contributed by atoms with Crippen LogP contribution in [0, 0.1) is 11.6 Å². The Bertz CT molecular complexity index is 1300. The number of nitrogens with zero attached hydrogens (tertiary/aromatic N) is 3. The first-order chi connectivity index (χ1) is 18.1. The van der Waals surface area contributed by atoms with Crippen LogP contribution in [0.2, 0.25) is 0 Å². The Balaban J connectivity index is 1.55. The fraction of sp³-hybridized carbons (Fsp3) is 0.393. The van der Waals surface area contributed by atoms with E-state index in [9.17, 15) is 14.0 Å². The molecule has 3 atom stereocenters. The van der Waals surface area contributed by atoms with E-state index < -0.39 is 41.5 Å². The molecule has 0 radical (unpaired) electrons. The first kappa shape index (κ1) is 25.8. The SMILES string of the molecule is CC(C)(C)OC(=O)NC1C[C@@H](N2Cc3cn[nH]c3C2)C(=O)N(Cc2ccccc2)[C@@H]1c1cc(F)ccc1F. The fourth-order valence-corrected chi connectivity index (χ4v) is 5.31. The first-order valence-electron chi connectivity index (χ1n) is 12.6. The molecule has 1 fully saturated rings. The predicted molar refractivity (Wildman–Crippen MR) is 135 cm³/mol. The number of hydrogen-bond donors (Lipinski definition) is 2. The maximum Gasteiger partial charge on any atom is 0.407 e. The molecular formula is C28H31F2N5O3. The first-order valence-corrected chi connectivity index (χ1v) is 12.6. The molecule has 8 nitrogen and oxygen atoms in total. The predicted octanol–water partition coefficient (Wildman–Crippen LogP) is 4.44. The molecule has 5 rings (SSSR count). The monoisotopic (exact) mass is 523 g/mol. The van der Waals surface area contributed by atoms with Crippen molar-refractivity contribution in [2.24, 2.45) is 0 Å². The number of ether oxygens (including phenoxy) is 1.